The van der Waals surface area contributed by atoms with E-state index in [4.69, 9.17) is 4.74 Å². The van der Waals surface area contributed by atoms with E-state index in [9.17, 15) is 9.59 Å². The van der Waals surface area contributed by atoms with Crippen molar-refractivity contribution in [3.05, 3.63) is 58.6 Å². The average Bonchev–Trinajstić information content (AvgIpc) is 2.36. The molecular weight excluding hydrogens is 335 g/mol. The van der Waals surface area contributed by atoms with Gasteiger partial charge in [0.15, 0.2) is 0 Å². The van der Waals surface area contributed by atoms with Crippen molar-refractivity contribution in [1.82, 2.24) is 0 Å². The molecule has 17 heavy (non-hydrogen) atoms. The van der Waals surface area contributed by atoms with Gasteiger partial charge >= 0.3 is 11.9 Å². The summed E-state index contributed by atoms with van der Waals surface area (Å²) in [6.45, 7) is 3.28. The van der Waals surface area contributed by atoms with Crippen molar-refractivity contribution in [1.29, 1.82) is 0 Å². The van der Waals surface area contributed by atoms with E-state index in [0.29, 0.717) is 0 Å². The number of esters is 2. The molecule has 0 radical (unpaired) electrons. The fourth-order valence-corrected chi connectivity index (χ4v) is 1.22. The lowest BCUT2D eigenvalue weighted by atomic mass is 10.1. The fourth-order valence-electron chi connectivity index (χ4n) is 1.07. The largest absolute Gasteiger partial charge is 0.432 e. The van der Waals surface area contributed by atoms with Crippen molar-refractivity contribution < 1.29 is 19.1 Å². The molecule has 0 aromatic heterocycles. The maximum absolute atomic E-state index is 11.5. The molecule has 0 saturated carbocycles. The Morgan fingerprint density at radius 1 is 1.18 bits per heavy atom. The van der Waals surface area contributed by atoms with E-state index in [1.54, 1.807) is 16.2 Å². The van der Waals surface area contributed by atoms with E-state index in [2.05, 4.69) is 11.3 Å². The predicted octanol–water partition coefficient (Wildman–Crippen LogP) is 3.05. The van der Waals surface area contributed by atoms with Gasteiger partial charge in [-0.1, -0.05) is 12.6 Å². The molecule has 0 amide bonds. The van der Waals surface area contributed by atoms with Crippen LogP contribution in [0.25, 0.3) is 0 Å². The molecule has 5 heteroatoms. The van der Waals surface area contributed by atoms with Gasteiger partial charge < -0.3 is 9.47 Å². The number of carbonyl (C=O) groups excluding carboxylic acids is 2. The molecule has 0 spiro atoms. The summed E-state index contributed by atoms with van der Waals surface area (Å²) in [6.07, 6.45) is 2.30. The van der Waals surface area contributed by atoms with E-state index >= 15 is 0 Å². The Morgan fingerprint density at radius 2 is 1.76 bits per heavy atom. The van der Waals surface area contributed by atoms with Gasteiger partial charge in [0.1, 0.15) is 6.26 Å². The molecule has 1 rings (SSSR count). The minimum Gasteiger partial charge on any atom is -0.432 e. The summed E-state index contributed by atoms with van der Waals surface area (Å²) in [5.74, 6) is -1.11. The molecule has 0 heterocycles. The lowest BCUT2D eigenvalue weighted by Gasteiger charge is -2.02. The number of halogens is 1. The molecule has 0 atom stereocenters. The Morgan fingerprint density at radius 3 is 2.29 bits per heavy atom. The zero-order valence-electron chi connectivity index (χ0n) is 8.76. The number of benzene rings is 1. The van der Waals surface area contributed by atoms with Gasteiger partial charge in [-0.2, -0.15) is 0 Å². The first-order chi connectivity index (χ1) is 8.19. The number of ether oxygens (including phenoxy) is 2. The van der Waals surface area contributed by atoms with Crippen LogP contribution in [0.3, 0.4) is 0 Å². The predicted molar refractivity (Wildman–Crippen MR) is 70.6 cm³/mol. The van der Waals surface area contributed by atoms with Crippen molar-refractivity contribution in [2.75, 3.05) is 0 Å². The fraction of sp³-hybridized carbons (Fsp3) is 0. The molecule has 4 nitrogen and oxygen atoms in total. The molecule has 0 saturated heterocycles. The lowest BCUT2D eigenvalue weighted by molar-refractivity contribution is 0.0663. The average molecular weight is 344 g/mol. The summed E-state index contributed by atoms with van der Waals surface area (Å²) >= 11 is 1.93. The molecule has 88 valence electrons. The van der Waals surface area contributed by atoms with E-state index in [1.165, 1.54) is 18.4 Å². The highest BCUT2D eigenvalue weighted by atomic mass is 127. The number of hydrogen-bond acceptors (Lipinski definition) is 4. The Hall–Kier alpha value is -1.63. The van der Waals surface area contributed by atoms with Gasteiger partial charge in [0.25, 0.3) is 0 Å². The molecule has 0 aliphatic rings. The van der Waals surface area contributed by atoms with Crippen LogP contribution in [0.2, 0.25) is 0 Å². The summed E-state index contributed by atoms with van der Waals surface area (Å²) in [5.41, 5.74) is 0.538. The van der Waals surface area contributed by atoms with Crippen LogP contribution in [0, 0.1) is 0 Å². The molecule has 0 N–H and O–H groups in total. The first-order valence-electron chi connectivity index (χ1n) is 4.57. The van der Waals surface area contributed by atoms with Gasteiger partial charge in [-0.25, -0.2) is 9.59 Å². The van der Waals surface area contributed by atoms with Crippen molar-refractivity contribution in [2.24, 2.45) is 0 Å². The van der Waals surface area contributed by atoms with Crippen LogP contribution in [0.15, 0.2) is 47.5 Å². The first kappa shape index (κ1) is 13.4. The summed E-state index contributed by atoms with van der Waals surface area (Å²) < 4.78 is 10.9. The van der Waals surface area contributed by atoms with E-state index in [1.807, 2.05) is 22.6 Å². The van der Waals surface area contributed by atoms with Crippen LogP contribution in [-0.4, -0.2) is 11.9 Å². The Labute approximate surface area is 112 Å². The standard InChI is InChI=1S/C12H9IO4/c1-2-16-11(14)9-4-3-5-10(8-9)12(15)17-7-6-13/h2-8H,1H2. The maximum atomic E-state index is 11.5. The first-order valence-corrected chi connectivity index (χ1v) is 5.81. The van der Waals surface area contributed by atoms with Gasteiger partial charge in [-0.3, -0.25) is 0 Å². The normalized spacial score (nSPS) is 9.94. The van der Waals surface area contributed by atoms with Gasteiger partial charge in [0, 0.05) is 4.08 Å². The summed E-state index contributed by atoms with van der Waals surface area (Å²) in [5, 5.41) is 0. The molecule has 0 unspecified atom stereocenters. The second-order valence-electron chi connectivity index (χ2n) is 2.82. The van der Waals surface area contributed by atoms with Crippen LogP contribution in [0.4, 0.5) is 0 Å². The third kappa shape index (κ3) is 4.03. The molecular formula is C12H9IO4. The minimum atomic E-state index is -0.570. The Kier molecular flexibility index (Phi) is 5.41. The summed E-state index contributed by atoms with van der Waals surface area (Å²) in [7, 11) is 0. The highest BCUT2D eigenvalue weighted by molar-refractivity contribution is 14.1. The van der Waals surface area contributed by atoms with Crippen LogP contribution in [0.5, 0.6) is 0 Å². The van der Waals surface area contributed by atoms with Crippen molar-refractivity contribution in [3.8, 4) is 0 Å². The Bertz CT molecular complexity index is 465. The molecule has 0 aliphatic heterocycles. The second kappa shape index (κ2) is 6.85. The lowest BCUT2D eigenvalue weighted by Crippen LogP contribution is -2.05. The highest BCUT2D eigenvalue weighted by Gasteiger charge is 2.11. The maximum Gasteiger partial charge on any atom is 0.342 e. The van der Waals surface area contributed by atoms with E-state index < -0.39 is 11.9 Å². The van der Waals surface area contributed by atoms with Crippen LogP contribution in [0.1, 0.15) is 20.7 Å². The van der Waals surface area contributed by atoms with Crippen molar-refractivity contribution >= 4 is 34.5 Å². The van der Waals surface area contributed by atoms with Gasteiger partial charge in [-0.05, 0) is 40.8 Å². The molecule has 0 fully saturated rings. The van der Waals surface area contributed by atoms with E-state index in [0.717, 1.165) is 6.26 Å². The van der Waals surface area contributed by atoms with Crippen LogP contribution >= 0.6 is 22.6 Å². The molecule has 0 aliphatic carbocycles. The zero-order valence-corrected chi connectivity index (χ0v) is 10.9. The third-order valence-electron chi connectivity index (χ3n) is 1.75. The molecule has 1 aromatic rings. The molecule has 1 aromatic carbocycles. The topological polar surface area (TPSA) is 52.6 Å². The quantitative estimate of drug-likeness (QED) is 0.479. The number of carbonyl (C=O) groups is 2. The SMILES string of the molecule is C=COC(=O)c1cccc(C(=O)OC=CI)c1. The van der Waals surface area contributed by atoms with Crippen LogP contribution < -0.4 is 0 Å². The van der Waals surface area contributed by atoms with Crippen molar-refractivity contribution in [2.45, 2.75) is 0 Å². The summed E-state index contributed by atoms with van der Waals surface area (Å²) in [4.78, 5) is 22.9. The van der Waals surface area contributed by atoms with Gasteiger partial charge in [0.2, 0.25) is 0 Å². The second-order valence-corrected chi connectivity index (χ2v) is 3.54. The summed E-state index contributed by atoms with van der Waals surface area (Å²) in [6, 6.07) is 6.06. The number of hydrogen-bond donors (Lipinski definition) is 0. The monoisotopic (exact) mass is 344 g/mol. The number of rotatable bonds is 4. The van der Waals surface area contributed by atoms with Crippen molar-refractivity contribution in [3.63, 3.8) is 0 Å². The van der Waals surface area contributed by atoms with E-state index in [-0.39, 0.29) is 11.1 Å². The van der Waals surface area contributed by atoms with Gasteiger partial charge in [0.05, 0.1) is 17.4 Å². The highest BCUT2D eigenvalue weighted by Crippen LogP contribution is 2.09. The minimum absolute atomic E-state index is 0.262. The van der Waals surface area contributed by atoms with Gasteiger partial charge in [-0.15, -0.1) is 0 Å². The Balaban J connectivity index is 2.88. The zero-order chi connectivity index (χ0) is 12.7. The third-order valence-corrected chi connectivity index (χ3v) is 2.04. The smallest absolute Gasteiger partial charge is 0.342 e. The van der Waals surface area contributed by atoms with Crippen LogP contribution in [-0.2, 0) is 9.47 Å². The molecule has 0 bridgehead atoms.